The summed E-state index contributed by atoms with van der Waals surface area (Å²) < 4.78 is 10.8. The first-order valence-electron chi connectivity index (χ1n) is 8.20. The summed E-state index contributed by atoms with van der Waals surface area (Å²) in [6.45, 7) is 5.15. The van der Waals surface area contributed by atoms with Crippen molar-refractivity contribution >= 4 is 29.8 Å². The number of pyridine rings is 1. The third kappa shape index (κ3) is 4.89. The zero-order chi connectivity index (χ0) is 17.8. The normalized spacial score (nSPS) is 18.9. The number of hydrogen-bond donors (Lipinski definition) is 0. The van der Waals surface area contributed by atoms with Crippen molar-refractivity contribution in [3.8, 4) is 5.75 Å². The number of hydrogen-bond acceptors (Lipinski definition) is 5. The Bertz CT molecular complexity index is 753. The number of aromatic nitrogens is 1. The molecule has 1 aliphatic carbocycles. The van der Waals surface area contributed by atoms with Gasteiger partial charge >= 0.3 is 0 Å². The van der Waals surface area contributed by atoms with Crippen LogP contribution >= 0.6 is 23.4 Å². The van der Waals surface area contributed by atoms with E-state index in [2.05, 4.69) is 18.8 Å². The highest BCUT2D eigenvalue weighted by molar-refractivity contribution is 7.99. The number of thioether (sulfide) groups is 1. The van der Waals surface area contributed by atoms with Crippen LogP contribution in [0.1, 0.15) is 37.4 Å². The van der Waals surface area contributed by atoms with Crippen molar-refractivity contribution in [2.24, 2.45) is 0 Å². The van der Waals surface area contributed by atoms with Gasteiger partial charge in [-0.15, -0.1) is 11.8 Å². The van der Waals surface area contributed by atoms with Gasteiger partial charge in [-0.2, -0.15) is 0 Å². The van der Waals surface area contributed by atoms with Crippen molar-refractivity contribution in [3.05, 3.63) is 52.7 Å². The second kappa shape index (κ2) is 8.11. The van der Waals surface area contributed by atoms with Gasteiger partial charge in [0.25, 0.3) is 6.47 Å². The quantitative estimate of drug-likeness (QED) is 0.486. The molecule has 4 nitrogen and oxygen atoms in total. The van der Waals surface area contributed by atoms with E-state index in [-0.39, 0.29) is 12.0 Å². The van der Waals surface area contributed by atoms with Crippen molar-refractivity contribution in [1.82, 2.24) is 4.98 Å². The van der Waals surface area contributed by atoms with Gasteiger partial charge in [0.15, 0.2) is 0 Å². The minimum Gasteiger partial charge on any atom is -0.486 e. The first kappa shape index (κ1) is 18.1. The number of halogens is 1. The Kier molecular flexibility index (Phi) is 5.86. The molecule has 2 unspecified atom stereocenters. The number of nitrogens with zero attached hydrogens (tertiary/aromatic N) is 1. The minimum absolute atomic E-state index is 0.0225. The summed E-state index contributed by atoms with van der Waals surface area (Å²) in [5, 5.41) is 2.04. The number of rotatable bonds is 8. The van der Waals surface area contributed by atoms with E-state index in [1.54, 1.807) is 11.8 Å². The lowest BCUT2D eigenvalue weighted by molar-refractivity contribution is -0.129. The largest absolute Gasteiger partial charge is 0.486 e. The fourth-order valence-corrected chi connectivity index (χ4v) is 3.66. The summed E-state index contributed by atoms with van der Waals surface area (Å²) in [6, 6.07) is 11.6. The molecule has 1 aliphatic rings. The lowest BCUT2D eigenvalue weighted by Crippen LogP contribution is -2.00. The molecule has 0 saturated heterocycles. The number of ether oxygens (including phenoxy) is 2. The van der Waals surface area contributed by atoms with E-state index in [1.807, 2.05) is 36.4 Å². The van der Waals surface area contributed by atoms with Crippen LogP contribution in [-0.4, -0.2) is 22.8 Å². The molecular weight excluding hydrogens is 358 g/mol. The monoisotopic (exact) mass is 377 g/mol. The molecule has 6 heteroatoms. The Morgan fingerprint density at radius 1 is 1.36 bits per heavy atom. The van der Waals surface area contributed by atoms with Crippen molar-refractivity contribution in [2.75, 3.05) is 0 Å². The molecule has 0 N–H and O–H groups in total. The van der Waals surface area contributed by atoms with Crippen LogP contribution < -0.4 is 4.74 Å². The molecule has 0 radical (unpaired) electrons. The summed E-state index contributed by atoms with van der Waals surface area (Å²) in [4.78, 5) is 15.0. The number of carbonyl (C=O) groups is 1. The molecule has 0 spiro atoms. The molecule has 1 saturated carbocycles. The zero-order valence-corrected chi connectivity index (χ0v) is 15.7. The average Bonchev–Trinajstić information content (AvgIpc) is 3.33. The van der Waals surface area contributed by atoms with E-state index < -0.39 is 0 Å². The Balaban J connectivity index is 1.61. The third-order valence-electron chi connectivity index (χ3n) is 3.86. The van der Waals surface area contributed by atoms with Gasteiger partial charge in [0.1, 0.15) is 18.5 Å². The molecule has 0 aliphatic heterocycles. The molecule has 1 heterocycles. The highest BCUT2D eigenvalue weighted by Gasteiger charge is 2.40. The maximum atomic E-state index is 10.4. The first-order valence-corrected chi connectivity index (χ1v) is 9.46. The SMILES string of the molecule is CC(C)Sc1cccc(COc2ccc(C3CC3OC=O)cc2Cl)n1. The molecule has 1 aromatic heterocycles. The maximum Gasteiger partial charge on any atom is 0.293 e. The summed E-state index contributed by atoms with van der Waals surface area (Å²) in [7, 11) is 0. The fourth-order valence-electron chi connectivity index (χ4n) is 2.61. The van der Waals surface area contributed by atoms with Crippen molar-refractivity contribution in [3.63, 3.8) is 0 Å². The van der Waals surface area contributed by atoms with Crippen LogP contribution in [0.3, 0.4) is 0 Å². The van der Waals surface area contributed by atoms with Crippen LogP contribution in [0.2, 0.25) is 5.02 Å². The second-order valence-corrected chi connectivity index (χ2v) is 8.23. The van der Waals surface area contributed by atoms with E-state index in [0.717, 1.165) is 22.7 Å². The summed E-state index contributed by atoms with van der Waals surface area (Å²) in [6.07, 6.45) is 0.824. The van der Waals surface area contributed by atoms with Crippen LogP contribution in [0.25, 0.3) is 0 Å². The predicted molar refractivity (Wildman–Crippen MR) is 99.3 cm³/mol. The molecule has 2 atom stereocenters. The van der Waals surface area contributed by atoms with Crippen LogP contribution in [0.4, 0.5) is 0 Å². The van der Waals surface area contributed by atoms with Gasteiger partial charge in [-0.05, 0) is 36.2 Å². The fraction of sp³-hybridized carbons (Fsp3) is 0.368. The van der Waals surface area contributed by atoms with Gasteiger partial charge in [-0.25, -0.2) is 4.98 Å². The standard InChI is InChI=1S/C19H20ClNO3S/c1-12(2)25-19-5-3-4-14(21-19)10-23-17-7-6-13(8-16(17)20)15-9-18(15)24-11-22/h3-8,11-12,15,18H,9-10H2,1-2H3. The molecular formula is C19H20ClNO3S. The van der Waals surface area contributed by atoms with E-state index in [0.29, 0.717) is 29.1 Å². The van der Waals surface area contributed by atoms with Gasteiger partial charge < -0.3 is 9.47 Å². The maximum absolute atomic E-state index is 10.4. The van der Waals surface area contributed by atoms with Crippen molar-refractivity contribution in [2.45, 2.75) is 49.2 Å². The van der Waals surface area contributed by atoms with Gasteiger partial charge in [-0.1, -0.05) is 37.6 Å². The summed E-state index contributed by atoms with van der Waals surface area (Å²) >= 11 is 8.06. The van der Waals surface area contributed by atoms with Gasteiger partial charge in [-0.3, -0.25) is 4.79 Å². The molecule has 132 valence electrons. The van der Waals surface area contributed by atoms with Crippen molar-refractivity contribution in [1.29, 1.82) is 0 Å². The lowest BCUT2D eigenvalue weighted by Gasteiger charge is -2.10. The predicted octanol–water partition coefficient (Wildman–Crippen LogP) is 4.84. The Labute approximate surface area is 156 Å². The number of carbonyl (C=O) groups excluding carboxylic acids is 1. The Morgan fingerprint density at radius 3 is 2.92 bits per heavy atom. The van der Waals surface area contributed by atoms with E-state index in [4.69, 9.17) is 21.1 Å². The highest BCUT2D eigenvalue weighted by Crippen LogP contribution is 2.44. The van der Waals surface area contributed by atoms with E-state index in [9.17, 15) is 4.79 Å². The molecule has 3 rings (SSSR count). The van der Waals surface area contributed by atoms with Crippen LogP contribution in [0.5, 0.6) is 5.75 Å². The molecule has 2 aromatic rings. The summed E-state index contributed by atoms with van der Waals surface area (Å²) in [5.74, 6) is 0.866. The number of benzene rings is 1. The highest BCUT2D eigenvalue weighted by atomic mass is 35.5. The Morgan fingerprint density at radius 2 is 2.20 bits per heavy atom. The second-order valence-electron chi connectivity index (χ2n) is 6.23. The van der Waals surface area contributed by atoms with Gasteiger partial charge in [0.2, 0.25) is 0 Å². The van der Waals surface area contributed by atoms with E-state index >= 15 is 0 Å². The zero-order valence-electron chi connectivity index (χ0n) is 14.1. The minimum atomic E-state index is -0.0225. The molecule has 0 amide bonds. The summed E-state index contributed by atoms with van der Waals surface area (Å²) in [5.41, 5.74) is 1.94. The molecule has 25 heavy (non-hydrogen) atoms. The van der Waals surface area contributed by atoms with E-state index in [1.165, 1.54) is 0 Å². The third-order valence-corrected chi connectivity index (χ3v) is 5.10. The Hall–Kier alpha value is -1.72. The first-order chi connectivity index (χ1) is 12.1. The molecule has 1 fully saturated rings. The smallest absolute Gasteiger partial charge is 0.293 e. The van der Waals surface area contributed by atoms with Crippen LogP contribution in [0.15, 0.2) is 41.4 Å². The molecule has 1 aromatic carbocycles. The average molecular weight is 378 g/mol. The van der Waals surface area contributed by atoms with Gasteiger partial charge in [0, 0.05) is 11.2 Å². The lowest BCUT2D eigenvalue weighted by atomic mass is 10.1. The van der Waals surface area contributed by atoms with Gasteiger partial charge in [0.05, 0.1) is 15.7 Å². The van der Waals surface area contributed by atoms with Crippen molar-refractivity contribution < 1.29 is 14.3 Å². The van der Waals surface area contributed by atoms with Crippen LogP contribution in [0, 0.1) is 0 Å². The molecule has 0 bridgehead atoms. The topological polar surface area (TPSA) is 48.4 Å². The van der Waals surface area contributed by atoms with Crippen LogP contribution in [-0.2, 0) is 16.1 Å².